The molecule has 0 aliphatic carbocycles. The highest BCUT2D eigenvalue weighted by molar-refractivity contribution is 5.81. The Hall–Kier alpha value is -3.60. The first-order chi connectivity index (χ1) is 17.7. The number of nitrogens with one attached hydrogen (secondary N) is 1. The van der Waals surface area contributed by atoms with Crippen LogP contribution in [0.5, 0.6) is 5.75 Å². The lowest BCUT2D eigenvalue weighted by Crippen LogP contribution is -2.44. The molecule has 5 rings (SSSR count). The number of ether oxygens (including phenoxy) is 1. The smallest absolute Gasteiger partial charge is 0.223 e. The highest BCUT2D eigenvalue weighted by Crippen LogP contribution is 2.31. The summed E-state index contributed by atoms with van der Waals surface area (Å²) in [7, 11) is 0. The lowest BCUT2D eigenvalue weighted by atomic mass is 9.92. The van der Waals surface area contributed by atoms with Crippen LogP contribution in [0, 0.1) is 5.92 Å². The molecule has 0 spiro atoms. The van der Waals surface area contributed by atoms with E-state index in [4.69, 9.17) is 4.74 Å². The van der Waals surface area contributed by atoms with Crippen molar-refractivity contribution < 1.29 is 14.3 Å². The van der Waals surface area contributed by atoms with Crippen molar-refractivity contribution in [2.75, 3.05) is 19.7 Å². The van der Waals surface area contributed by atoms with Crippen molar-refractivity contribution in [3.05, 3.63) is 101 Å². The third kappa shape index (κ3) is 5.78. The normalized spacial score (nSPS) is 16.5. The molecule has 3 aromatic rings. The van der Waals surface area contributed by atoms with E-state index in [9.17, 15) is 9.59 Å². The van der Waals surface area contributed by atoms with E-state index in [0.717, 1.165) is 42.7 Å². The molecule has 5 heteroatoms. The Morgan fingerprint density at radius 1 is 0.917 bits per heavy atom. The maximum atomic E-state index is 13.4. The molecule has 2 aliphatic rings. The topological polar surface area (TPSA) is 58.6 Å². The Morgan fingerprint density at radius 2 is 1.64 bits per heavy atom. The molecule has 1 fully saturated rings. The molecule has 1 unspecified atom stereocenters. The summed E-state index contributed by atoms with van der Waals surface area (Å²) in [5.41, 5.74) is 4.53. The second kappa shape index (κ2) is 11.4. The van der Waals surface area contributed by atoms with Crippen molar-refractivity contribution in [1.29, 1.82) is 0 Å². The number of rotatable bonds is 7. The van der Waals surface area contributed by atoms with Crippen LogP contribution in [0.15, 0.2) is 78.9 Å². The zero-order chi connectivity index (χ0) is 24.7. The van der Waals surface area contributed by atoms with Crippen LogP contribution in [0.4, 0.5) is 0 Å². The number of amides is 2. The summed E-state index contributed by atoms with van der Waals surface area (Å²) in [6, 6.07) is 26.3. The minimum atomic E-state index is -0.212. The van der Waals surface area contributed by atoms with Gasteiger partial charge in [0.2, 0.25) is 11.8 Å². The van der Waals surface area contributed by atoms with Crippen molar-refractivity contribution >= 4 is 11.8 Å². The van der Waals surface area contributed by atoms with Crippen LogP contribution < -0.4 is 10.1 Å². The summed E-state index contributed by atoms with van der Waals surface area (Å²) in [5.74, 6) is 1.10. The van der Waals surface area contributed by atoms with Crippen molar-refractivity contribution in [2.45, 2.75) is 44.6 Å². The van der Waals surface area contributed by atoms with Gasteiger partial charge in [0.25, 0.3) is 0 Å². The number of likely N-dealkylation sites (tertiary alicyclic amines) is 1. The first-order valence-electron chi connectivity index (χ1n) is 13.1. The zero-order valence-electron chi connectivity index (χ0n) is 20.7. The van der Waals surface area contributed by atoms with Crippen molar-refractivity contribution in [3.8, 4) is 5.75 Å². The van der Waals surface area contributed by atoms with Crippen molar-refractivity contribution in [3.63, 3.8) is 0 Å². The minimum Gasteiger partial charge on any atom is -0.493 e. The molecule has 0 saturated carbocycles. The van der Waals surface area contributed by atoms with E-state index in [-0.39, 0.29) is 23.8 Å². The van der Waals surface area contributed by atoms with Gasteiger partial charge in [-0.25, -0.2) is 0 Å². The van der Waals surface area contributed by atoms with Crippen molar-refractivity contribution in [1.82, 2.24) is 10.2 Å². The predicted molar refractivity (Wildman–Crippen MR) is 141 cm³/mol. The molecule has 2 amide bonds. The van der Waals surface area contributed by atoms with Gasteiger partial charge in [-0.3, -0.25) is 9.59 Å². The van der Waals surface area contributed by atoms with Gasteiger partial charge in [-0.1, -0.05) is 66.7 Å². The van der Waals surface area contributed by atoms with Gasteiger partial charge in [-0.2, -0.15) is 0 Å². The fraction of sp³-hybridized carbons (Fsp3) is 0.355. The number of carbonyl (C=O) groups excluding carboxylic acids is 2. The lowest BCUT2D eigenvalue weighted by Gasteiger charge is -2.32. The van der Waals surface area contributed by atoms with Crippen molar-refractivity contribution in [2.24, 2.45) is 5.92 Å². The van der Waals surface area contributed by atoms with E-state index < -0.39 is 0 Å². The van der Waals surface area contributed by atoms with Gasteiger partial charge in [0.05, 0.1) is 12.6 Å². The zero-order valence-corrected chi connectivity index (χ0v) is 20.7. The predicted octanol–water partition coefficient (Wildman–Crippen LogP) is 5.09. The number of hydrogen-bond donors (Lipinski definition) is 1. The monoisotopic (exact) mass is 482 g/mol. The molecule has 0 aromatic heterocycles. The summed E-state index contributed by atoms with van der Waals surface area (Å²) >= 11 is 0. The van der Waals surface area contributed by atoms with E-state index in [1.54, 1.807) is 0 Å². The summed E-state index contributed by atoms with van der Waals surface area (Å²) in [6.07, 6.45) is 4.67. The summed E-state index contributed by atoms with van der Waals surface area (Å²) in [4.78, 5) is 28.0. The molecule has 186 valence electrons. The molecule has 0 radical (unpaired) electrons. The maximum absolute atomic E-state index is 13.4. The second-order valence-electron chi connectivity index (χ2n) is 9.81. The molecule has 0 bridgehead atoms. The Balaban J connectivity index is 1.21. The van der Waals surface area contributed by atoms with Crippen LogP contribution in [0.2, 0.25) is 0 Å². The Kier molecular flexibility index (Phi) is 7.65. The van der Waals surface area contributed by atoms with Gasteiger partial charge in [0, 0.05) is 25.4 Å². The molecule has 1 N–H and O–H groups in total. The maximum Gasteiger partial charge on any atom is 0.223 e. The number of hydrogen-bond acceptors (Lipinski definition) is 3. The van der Waals surface area contributed by atoms with E-state index in [0.29, 0.717) is 32.4 Å². The average Bonchev–Trinajstić information content (AvgIpc) is 2.95. The van der Waals surface area contributed by atoms with Crippen LogP contribution in [-0.4, -0.2) is 36.4 Å². The number of benzene rings is 3. The largest absolute Gasteiger partial charge is 0.493 e. The minimum absolute atomic E-state index is 0.0641. The quantitative estimate of drug-likeness (QED) is 0.510. The molecular weight excluding hydrogens is 448 g/mol. The summed E-state index contributed by atoms with van der Waals surface area (Å²) in [5, 5.41) is 3.33. The third-order valence-corrected chi connectivity index (χ3v) is 7.37. The standard InChI is InChI=1S/C31H34N2O3/c34-29(16-13-23-8-3-1-4-9-23)33-19-17-25(18-20-33)31(35)32-30(24-10-5-2-6-11-24)27-14-15-28-26(22-27)12-7-21-36-28/h1-6,8-11,14-15,22,25,30H,7,12-13,16-21H2,(H,32,35). The van der Waals surface area contributed by atoms with Gasteiger partial charge in [0.15, 0.2) is 0 Å². The number of aryl methyl sites for hydroxylation is 2. The number of fused-ring (bicyclic) bond motifs is 1. The fourth-order valence-electron chi connectivity index (χ4n) is 5.27. The molecule has 1 saturated heterocycles. The molecule has 36 heavy (non-hydrogen) atoms. The van der Waals surface area contributed by atoms with E-state index in [1.807, 2.05) is 47.4 Å². The first-order valence-corrected chi connectivity index (χ1v) is 13.1. The Morgan fingerprint density at radius 3 is 2.39 bits per heavy atom. The first kappa shape index (κ1) is 24.1. The number of piperidine rings is 1. The molecular formula is C31H34N2O3. The Labute approximate surface area is 213 Å². The highest BCUT2D eigenvalue weighted by Gasteiger charge is 2.29. The molecule has 2 heterocycles. The van der Waals surface area contributed by atoms with E-state index in [2.05, 4.69) is 41.7 Å². The average molecular weight is 483 g/mol. The fourth-order valence-corrected chi connectivity index (χ4v) is 5.27. The van der Waals surface area contributed by atoms with Gasteiger partial charge in [0.1, 0.15) is 5.75 Å². The second-order valence-corrected chi connectivity index (χ2v) is 9.81. The van der Waals surface area contributed by atoms with Crippen LogP contribution >= 0.6 is 0 Å². The van der Waals surface area contributed by atoms with E-state index >= 15 is 0 Å². The summed E-state index contributed by atoms with van der Waals surface area (Å²) in [6.45, 7) is 2.04. The van der Waals surface area contributed by atoms with Gasteiger partial charge >= 0.3 is 0 Å². The number of nitrogens with zero attached hydrogens (tertiary/aromatic N) is 1. The van der Waals surface area contributed by atoms with E-state index in [1.165, 1.54) is 11.1 Å². The SMILES string of the molecule is O=C(NC(c1ccccc1)c1ccc2c(c1)CCCO2)C1CCN(C(=O)CCc2ccccc2)CC1. The molecule has 2 aliphatic heterocycles. The Bertz CT molecular complexity index is 1170. The van der Waals surface area contributed by atoms with Crippen LogP contribution in [0.1, 0.15) is 54.0 Å². The van der Waals surface area contributed by atoms with Gasteiger partial charge < -0.3 is 15.0 Å². The van der Waals surface area contributed by atoms with Crippen LogP contribution in [0.25, 0.3) is 0 Å². The third-order valence-electron chi connectivity index (χ3n) is 7.37. The van der Waals surface area contributed by atoms with Gasteiger partial charge in [-0.05, 0) is 66.5 Å². The van der Waals surface area contributed by atoms with Crippen LogP contribution in [0.3, 0.4) is 0 Å². The number of carbonyl (C=O) groups is 2. The summed E-state index contributed by atoms with van der Waals surface area (Å²) < 4.78 is 5.79. The molecule has 3 aromatic carbocycles. The van der Waals surface area contributed by atoms with Gasteiger partial charge in [-0.15, -0.1) is 0 Å². The lowest BCUT2D eigenvalue weighted by molar-refractivity contribution is -0.135. The molecule has 1 atom stereocenters. The molecule has 5 nitrogen and oxygen atoms in total. The van der Waals surface area contributed by atoms with Crippen LogP contribution in [-0.2, 0) is 22.4 Å². The highest BCUT2D eigenvalue weighted by atomic mass is 16.5.